The molecule has 0 atom stereocenters. The summed E-state index contributed by atoms with van der Waals surface area (Å²) < 4.78 is 5.65. The third kappa shape index (κ3) is 6.53. The molecule has 0 unspecified atom stereocenters. The van der Waals surface area contributed by atoms with Crippen molar-refractivity contribution in [2.75, 3.05) is 20.2 Å². The zero-order valence-electron chi connectivity index (χ0n) is 13.9. The van der Waals surface area contributed by atoms with Crippen molar-refractivity contribution in [2.24, 2.45) is 4.99 Å². The Bertz CT molecular complexity index is 594. The van der Waals surface area contributed by atoms with Gasteiger partial charge in [0.25, 0.3) is 0 Å². The van der Waals surface area contributed by atoms with Crippen LogP contribution >= 0.6 is 0 Å². The van der Waals surface area contributed by atoms with Crippen molar-refractivity contribution in [3.8, 4) is 0 Å². The van der Waals surface area contributed by atoms with E-state index in [4.69, 9.17) is 4.74 Å². The average Bonchev–Trinajstić information content (AvgIpc) is 2.59. The van der Waals surface area contributed by atoms with Crippen molar-refractivity contribution in [1.82, 2.24) is 10.6 Å². The molecular weight excluding hydrogens is 286 g/mol. The van der Waals surface area contributed by atoms with Gasteiger partial charge in [0.1, 0.15) is 0 Å². The first-order valence-electron chi connectivity index (χ1n) is 7.89. The molecule has 2 rings (SSSR count). The summed E-state index contributed by atoms with van der Waals surface area (Å²) in [7, 11) is 1.77. The molecule has 0 heterocycles. The summed E-state index contributed by atoms with van der Waals surface area (Å²) >= 11 is 0. The van der Waals surface area contributed by atoms with E-state index >= 15 is 0 Å². The fourth-order valence-corrected chi connectivity index (χ4v) is 2.12. The molecule has 0 fully saturated rings. The van der Waals surface area contributed by atoms with Crippen LogP contribution in [0.2, 0.25) is 0 Å². The lowest BCUT2D eigenvalue weighted by atomic mass is 10.1. The second-order valence-corrected chi connectivity index (χ2v) is 5.38. The SMILES string of the molecule is CN=C(NCCOCc1ccccc1)NCc1ccc(C)cc1. The van der Waals surface area contributed by atoms with E-state index in [-0.39, 0.29) is 0 Å². The van der Waals surface area contributed by atoms with Crippen molar-refractivity contribution in [1.29, 1.82) is 0 Å². The van der Waals surface area contributed by atoms with Gasteiger partial charge in [0.2, 0.25) is 0 Å². The molecule has 122 valence electrons. The summed E-state index contributed by atoms with van der Waals surface area (Å²) in [5, 5.41) is 6.55. The minimum Gasteiger partial charge on any atom is -0.375 e. The number of rotatable bonds is 7. The quantitative estimate of drug-likeness (QED) is 0.469. The van der Waals surface area contributed by atoms with Gasteiger partial charge in [-0.25, -0.2) is 0 Å². The molecule has 0 radical (unpaired) electrons. The molecule has 0 bridgehead atoms. The minimum atomic E-state index is 0.637. The zero-order chi connectivity index (χ0) is 16.3. The first-order valence-corrected chi connectivity index (χ1v) is 7.89. The first-order chi connectivity index (χ1) is 11.3. The Morgan fingerprint density at radius 3 is 2.39 bits per heavy atom. The monoisotopic (exact) mass is 311 g/mol. The fraction of sp³-hybridized carbons (Fsp3) is 0.316. The molecule has 0 aromatic heterocycles. The number of nitrogens with zero attached hydrogens (tertiary/aromatic N) is 1. The topological polar surface area (TPSA) is 45.7 Å². The van der Waals surface area contributed by atoms with Gasteiger partial charge in [0, 0.05) is 20.1 Å². The van der Waals surface area contributed by atoms with E-state index in [0.29, 0.717) is 13.2 Å². The molecule has 2 N–H and O–H groups in total. The summed E-state index contributed by atoms with van der Waals surface area (Å²) in [6.45, 7) is 4.84. The molecule has 4 nitrogen and oxygen atoms in total. The highest BCUT2D eigenvalue weighted by Gasteiger charge is 1.98. The first kappa shape index (κ1) is 17.0. The maximum Gasteiger partial charge on any atom is 0.191 e. The van der Waals surface area contributed by atoms with E-state index in [1.54, 1.807) is 7.05 Å². The minimum absolute atomic E-state index is 0.637. The standard InChI is InChI=1S/C19H25N3O/c1-16-8-10-17(11-9-16)14-22-19(20-2)21-12-13-23-15-18-6-4-3-5-7-18/h3-11H,12-15H2,1-2H3,(H2,20,21,22). The van der Waals surface area contributed by atoms with E-state index in [2.05, 4.69) is 58.9 Å². The Labute approximate surface area is 138 Å². The van der Waals surface area contributed by atoms with Crippen LogP contribution < -0.4 is 10.6 Å². The van der Waals surface area contributed by atoms with Crippen LogP contribution in [0.15, 0.2) is 59.6 Å². The third-order valence-electron chi connectivity index (χ3n) is 3.45. The number of hydrogen-bond donors (Lipinski definition) is 2. The zero-order valence-corrected chi connectivity index (χ0v) is 13.9. The maximum atomic E-state index is 5.65. The molecular formula is C19H25N3O. The van der Waals surface area contributed by atoms with Crippen LogP contribution in [0.5, 0.6) is 0 Å². The second-order valence-electron chi connectivity index (χ2n) is 5.38. The lowest BCUT2D eigenvalue weighted by Gasteiger charge is -2.12. The van der Waals surface area contributed by atoms with Crippen molar-refractivity contribution in [2.45, 2.75) is 20.1 Å². The van der Waals surface area contributed by atoms with E-state index in [0.717, 1.165) is 19.0 Å². The van der Waals surface area contributed by atoms with Crippen LogP contribution in [0, 0.1) is 6.92 Å². The largest absolute Gasteiger partial charge is 0.375 e. The molecule has 0 aliphatic carbocycles. The normalized spacial score (nSPS) is 11.3. The number of nitrogens with one attached hydrogen (secondary N) is 2. The van der Waals surface area contributed by atoms with Gasteiger partial charge < -0.3 is 15.4 Å². The summed E-state index contributed by atoms with van der Waals surface area (Å²) in [5.41, 5.74) is 3.69. The Kier molecular flexibility index (Phi) is 7.14. The van der Waals surface area contributed by atoms with Crippen LogP contribution in [0.4, 0.5) is 0 Å². The molecule has 0 aliphatic heterocycles. The van der Waals surface area contributed by atoms with Gasteiger partial charge in [-0.15, -0.1) is 0 Å². The Morgan fingerprint density at radius 1 is 0.957 bits per heavy atom. The summed E-state index contributed by atoms with van der Waals surface area (Å²) in [5.74, 6) is 0.786. The van der Waals surface area contributed by atoms with Crippen molar-refractivity contribution in [3.05, 3.63) is 71.3 Å². The van der Waals surface area contributed by atoms with Crippen molar-refractivity contribution >= 4 is 5.96 Å². The number of hydrogen-bond acceptors (Lipinski definition) is 2. The lowest BCUT2D eigenvalue weighted by molar-refractivity contribution is 0.125. The van der Waals surface area contributed by atoms with E-state index in [1.165, 1.54) is 16.7 Å². The van der Waals surface area contributed by atoms with Gasteiger partial charge in [0.05, 0.1) is 13.2 Å². The van der Waals surface area contributed by atoms with Crippen LogP contribution in [0.1, 0.15) is 16.7 Å². The Morgan fingerprint density at radius 2 is 1.70 bits per heavy atom. The molecule has 0 aliphatic rings. The molecule has 0 saturated heterocycles. The molecule has 0 spiro atoms. The van der Waals surface area contributed by atoms with Crippen LogP contribution in [0.25, 0.3) is 0 Å². The molecule has 0 saturated carbocycles. The van der Waals surface area contributed by atoms with E-state index < -0.39 is 0 Å². The van der Waals surface area contributed by atoms with Gasteiger partial charge in [-0.1, -0.05) is 60.2 Å². The van der Waals surface area contributed by atoms with E-state index in [1.807, 2.05) is 18.2 Å². The number of ether oxygens (including phenoxy) is 1. The summed E-state index contributed by atoms with van der Waals surface area (Å²) in [6, 6.07) is 18.7. The summed E-state index contributed by atoms with van der Waals surface area (Å²) in [6.07, 6.45) is 0. The van der Waals surface area contributed by atoms with E-state index in [9.17, 15) is 0 Å². The van der Waals surface area contributed by atoms with Gasteiger partial charge in [-0.3, -0.25) is 4.99 Å². The highest BCUT2D eigenvalue weighted by molar-refractivity contribution is 5.79. The Balaban J connectivity index is 1.62. The van der Waals surface area contributed by atoms with Gasteiger partial charge >= 0.3 is 0 Å². The lowest BCUT2D eigenvalue weighted by Crippen LogP contribution is -2.38. The smallest absolute Gasteiger partial charge is 0.191 e. The molecule has 23 heavy (non-hydrogen) atoms. The number of aliphatic imine (C=N–C) groups is 1. The summed E-state index contributed by atoms with van der Waals surface area (Å²) in [4.78, 5) is 4.22. The maximum absolute atomic E-state index is 5.65. The predicted octanol–water partition coefficient (Wildman–Crippen LogP) is 2.88. The highest BCUT2D eigenvalue weighted by Crippen LogP contribution is 2.02. The second kappa shape index (κ2) is 9.64. The van der Waals surface area contributed by atoms with Gasteiger partial charge in [-0.05, 0) is 18.1 Å². The predicted molar refractivity (Wildman–Crippen MR) is 95.5 cm³/mol. The average molecular weight is 311 g/mol. The number of benzene rings is 2. The van der Waals surface area contributed by atoms with Gasteiger partial charge in [0.15, 0.2) is 5.96 Å². The van der Waals surface area contributed by atoms with Gasteiger partial charge in [-0.2, -0.15) is 0 Å². The molecule has 2 aromatic carbocycles. The van der Waals surface area contributed by atoms with Crippen LogP contribution in [0.3, 0.4) is 0 Å². The molecule has 0 amide bonds. The Hall–Kier alpha value is -2.33. The van der Waals surface area contributed by atoms with Crippen LogP contribution in [-0.4, -0.2) is 26.2 Å². The highest BCUT2D eigenvalue weighted by atomic mass is 16.5. The fourth-order valence-electron chi connectivity index (χ4n) is 2.12. The third-order valence-corrected chi connectivity index (χ3v) is 3.45. The molecule has 4 heteroatoms. The van der Waals surface area contributed by atoms with Crippen LogP contribution in [-0.2, 0) is 17.9 Å². The molecule has 2 aromatic rings. The number of guanidine groups is 1. The number of aryl methyl sites for hydroxylation is 1. The van der Waals surface area contributed by atoms with Crippen molar-refractivity contribution in [3.63, 3.8) is 0 Å². The van der Waals surface area contributed by atoms with Crippen molar-refractivity contribution < 1.29 is 4.74 Å².